The van der Waals surface area contributed by atoms with E-state index < -0.39 is 0 Å². The number of carbonyl (C=O) groups excluding carboxylic acids is 1. The number of rotatable bonds is 5. The maximum absolute atomic E-state index is 12.8. The molecule has 0 N–H and O–H groups in total. The standard InChI is InChI=1S/C22H26N4O2/c1-24(2)19-9-7-17(8-10-19)21(16-23)25-11-13-26(14-12-25)22(27)18-5-4-6-20(15-18)28-3/h4-10,15,21H,11-14H2,1-3H3. The number of nitriles is 1. The summed E-state index contributed by atoms with van der Waals surface area (Å²) < 4.78 is 5.21. The van der Waals surface area contributed by atoms with Gasteiger partial charge in [0.1, 0.15) is 11.8 Å². The Hall–Kier alpha value is -3.04. The predicted molar refractivity (Wildman–Crippen MR) is 110 cm³/mol. The summed E-state index contributed by atoms with van der Waals surface area (Å²) in [5.41, 5.74) is 2.72. The number of ether oxygens (including phenoxy) is 1. The van der Waals surface area contributed by atoms with Crippen LogP contribution < -0.4 is 9.64 Å². The highest BCUT2D eigenvalue weighted by Gasteiger charge is 2.27. The van der Waals surface area contributed by atoms with Gasteiger partial charge in [-0.2, -0.15) is 5.26 Å². The van der Waals surface area contributed by atoms with E-state index in [4.69, 9.17) is 4.74 Å². The molecule has 6 heteroatoms. The van der Waals surface area contributed by atoms with Gasteiger partial charge in [0.15, 0.2) is 0 Å². The molecule has 0 aromatic heterocycles. The molecule has 1 atom stereocenters. The first-order valence-electron chi connectivity index (χ1n) is 9.37. The number of hydrogen-bond donors (Lipinski definition) is 0. The summed E-state index contributed by atoms with van der Waals surface area (Å²) in [7, 11) is 5.58. The van der Waals surface area contributed by atoms with Crippen molar-refractivity contribution in [2.24, 2.45) is 0 Å². The smallest absolute Gasteiger partial charge is 0.254 e. The van der Waals surface area contributed by atoms with Gasteiger partial charge in [-0.15, -0.1) is 0 Å². The van der Waals surface area contributed by atoms with Crippen LogP contribution >= 0.6 is 0 Å². The molecule has 1 aliphatic heterocycles. The Labute approximate surface area is 166 Å². The minimum Gasteiger partial charge on any atom is -0.497 e. The van der Waals surface area contributed by atoms with E-state index in [1.807, 2.05) is 66.4 Å². The lowest BCUT2D eigenvalue weighted by atomic mass is 10.0. The van der Waals surface area contributed by atoms with Crippen LogP contribution in [0, 0.1) is 11.3 Å². The minimum absolute atomic E-state index is 0.00222. The Morgan fingerprint density at radius 3 is 2.36 bits per heavy atom. The first-order chi connectivity index (χ1) is 13.5. The Kier molecular flexibility index (Phi) is 6.17. The molecular weight excluding hydrogens is 352 g/mol. The van der Waals surface area contributed by atoms with Gasteiger partial charge in [-0.3, -0.25) is 9.69 Å². The number of piperazine rings is 1. The summed E-state index contributed by atoms with van der Waals surface area (Å²) in [6, 6.07) is 17.4. The normalized spacial score (nSPS) is 15.6. The lowest BCUT2D eigenvalue weighted by molar-refractivity contribution is 0.0606. The lowest BCUT2D eigenvalue weighted by Crippen LogP contribution is -2.49. The van der Waals surface area contributed by atoms with Crippen LogP contribution in [0.3, 0.4) is 0 Å². The maximum atomic E-state index is 12.8. The van der Waals surface area contributed by atoms with Crippen LogP contribution in [0.4, 0.5) is 5.69 Å². The van der Waals surface area contributed by atoms with Crippen molar-refractivity contribution in [2.45, 2.75) is 6.04 Å². The van der Waals surface area contributed by atoms with Gasteiger partial charge < -0.3 is 14.5 Å². The summed E-state index contributed by atoms with van der Waals surface area (Å²) in [5.74, 6) is 0.678. The SMILES string of the molecule is COc1cccc(C(=O)N2CCN(C(C#N)c3ccc(N(C)C)cc3)CC2)c1. The summed E-state index contributed by atoms with van der Waals surface area (Å²) in [6.45, 7) is 2.54. The summed E-state index contributed by atoms with van der Waals surface area (Å²) in [5, 5.41) is 9.72. The van der Waals surface area contributed by atoms with Gasteiger partial charge in [0, 0.05) is 51.5 Å². The zero-order valence-corrected chi connectivity index (χ0v) is 16.6. The number of carbonyl (C=O) groups is 1. The molecule has 1 saturated heterocycles. The Bertz CT molecular complexity index is 850. The van der Waals surface area contributed by atoms with Crippen molar-refractivity contribution in [3.8, 4) is 11.8 Å². The number of nitrogens with zero attached hydrogens (tertiary/aromatic N) is 4. The van der Waals surface area contributed by atoms with E-state index in [0.29, 0.717) is 37.5 Å². The molecule has 0 bridgehead atoms. The summed E-state index contributed by atoms with van der Waals surface area (Å²) >= 11 is 0. The van der Waals surface area contributed by atoms with E-state index in [2.05, 4.69) is 11.0 Å². The van der Waals surface area contributed by atoms with E-state index in [0.717, 1.165) is 11.3 Å². The third kappa shape index (κ3) is 4.26. The second kappa shape index (κ2) is 8.77. The van der Waals surface area contributed by atoms with Crippen LogP contribution in [0.15, 0.2) is 48.5 Å². The van der Waals surface area contributed by atoms with E-state index in [9.17, 15) is 10.1 Å². The predicted octanol–water partition coefficient (Wildman–Crippen LogP) is 2.78. The number of amides is 1. The molecule has 0 aliphatic carbocycles. The molecular formula is C22H26N4O2. The molecule has 1 amide bonds. The van der Waals surface area contributed by atoms with Gasteiger partial charge in [0.2, 0.25) is 0 Å². The van der Waals surface area contributed by atoms with Crippen LogP contribution in [-0.2, 0) is 0 Å². The molecule has 1 heterocycles. The molecule has 2 aromatic carbocycles. The number of methoxy groups -OCH3 is 1. The fourth-order valence-corrected chi connectivity index (χ4v) is 3.44. The minimum atomic E-state index is -0.301. The first kappa shape index (κ1) is 19.7. The molecule has 146 valence electrons. The van der Waals surface area contributed by atoms with Crippen molar-refractivity contribution < 1.29 is 9.53 Å². The van der Waals surface area contributed by atoms with Crippen LogP contribution in [0.1, 0.15) is 22.0 Å². The van der Waals surface area contributed by atoms with E-state index in [1.165, 1.54) is 0 Å². The monoisotopic (exact) mass is 378 g/mol. The van der Waals surface area contributed by atoms with Crippen LogP contribution in [0.2, 0.25) is 0 Å². The third-order valence-corrected chi connectivity index (χ3v) is 5.13. The average Bonchev–Trinajstić information content (AvgIpc) is 2.74. The highest BCUT2D eigenvalue weighted by molar-refractivity contribution is 5.94. The van der Waals surface area contributed by atoms with Crippen molar-refractivity contribution >= 4 is 11.6 Å². The molecule has 0 saturated carbocycles. The zero-order valence-electron chi connectivity index (χ0n) is 16.6. The highest BCUT2D eigenvalue weighted by Crippen LogP contribution is 2.24. The van der Waals surface area contributed by atoms with E-state index in [-0.39, 0.29) is 11.9 Å². The van der Waals surface area contributed by atoms with Crippen molar-refractivity contribution in [1.29, 1.82) is 5.26 Å². The molecule has 1 fully saturated rings. The fourth-order valence-electron chi connectivity index (χ4n) is 3.44. The molecule has 1 unspecified atom stereocenters. The van der Waals surface area contributed by atoms with Crippen LogP contribution in [0.5, 0.6) is 5.75 Å². The quantitative estimate of drug-likeness (QED) is 0.801. The Morgan fingerprint density at radius 1 is 1.11 bits per heavy atom. The second-order valence-electron chi connectivity index (χ2n) is 7.08. The highest BCUT2D eigenvalue weighted by atomic mass is 16.5. The topological polar surface area (TPSA) is 59.8 Å². The average molecular weight is 378 g/mol. The maximum Gasteiger partial charge on any atom is 0.254 e. The lowest BCUT2D eigenvalue weighted by Gasteiger charge is -2.37. The third-order valence-electron chi connectivity index (χ3n) is 5.13. The van der Waals surface area contributed by atoms with Crippen molar-refractivity contribution in [3.63, 3.8) is 0 Å². The summed E-state index contributed by atoms with van der Waals surface area (Å²) in [6.07, 6.45) is 0. The number of anilines is 1. The summed E-state index contributed by atoms with van der Waals surface area (Å²) in [4.78, 5) is 18.8. The molecule has 3 rings (SSSR count). The molecule has 2 aromatic rings. The van der Waals surface area contributed by atoms with Gasteiger partial charge in [0.05, 0.1) is 13.2 Å². The van der Waals surface area contributed by atoms with Crippen molar-refractivity contribution in [3.05, 3.63) is 59.7 Å². The zero-order chi connectivity index (χ0) is 20.1. The number of hydrogen-bond acceptors (Lipinski definition) is 5. The van der Waals surface area contributed by atoms with Crippen LogP contribution in [0.25, 0.3) is 0 Å². The largest absolute Gasteiger partial charge is 0.497 e. The Balaban J connectivity index is 1.64. The molecule has 6 nitrogen and oxygen atoms in total. The van der Waals surface area contributed by atoms with Gasteiger partial charge in [-0.25, -0.2) is 0 Å². The van der Waals surface area contributed by atoms with Crippen molar-refractivity contribution in [1.82, 2.24) is 9.80 Å². The molecule has 1 aliphatic rings. The molecule has 0 spiro atoms. The van der Waals surface area contributed by atoms with E-state index in [1.54, 1.807) is 13.2 Å². The van der Waals surface area contributed by atoms with Gasteiger partial charge in [-0.05, 0) is 35.9 Å². The van der Waals surface area contributed by atoms with Gasteiger partial charge in [0.25, 0.3) is 5.91 Å². The van der Waals surface area contributed by atoms with Gasteiger partial charge in [-0.1, -0.05) is 18.2 Å². The molecule has 0 radical (unpaired) electrons. The molecule has 28 heavy (non-hydrogen) atoms. The first-order valence-corrected chi connectivity index (χ1v) is 9.37. The van der Waals surface area contributed by atoms with E-state index >= 15 is 0 Å². The van der Waals surface area contributed by atoms with Crippen molar-refractivity contribution in [2.75, 3.05) is 52.3 Å². The number of benzene rings is 2. The Morgan fingerprint density at radius 2 is 1.79 bits per heavy atom. The van der Waals surface area contributed by atoms with Gasteiger partial charge >= 0.3 is 0 Å². The fraction of sp³-hybridized carbons (Fsp3) is 0.364. The second-order valence-corrected chi connectivity index (χ2v) is 7.08. The van der Waals surface area contributed by atoms with Crippen LogP contribution in [-0.4, -0.2) is 63.1 Å².